The smallest absolute Gasteiger partial charge is 0.303 e. The first-order valence-corrected chi connectivity index (χ1v) is 7.23. The second kappa shape index (κ2) is 5.84. The van der Waals surface area contributed by atoms with E-state index in [4.69, 9.17) is 5.11 Å². The molecule has 112 valence electrons. The molecule has 0 saturated carbocycles. The number of nitrogens with one attached hydrogen (secondary N) is 1. The quantitative estimate of drug-likeness (QED) is 0.840. The molecule has 0 aromatic heterocycles. The zero-order chi connectivity index (χ0) is 15.6. The highest BCUT2D eigenvalue weighted by Crippen LogP contribution is 2.20. The molecule has 5 nitrogen and oxygen atoms in total. The Morgan fingerprint density at radius 1 is 1.35 bits per heavy atom. The zero-order valence-corrected chi connectivity index (χ0v) is 11.8. The summed E-state index contributed by atoms with van der Waals surface area (Å²) in [7, 11) is -4.28. The molecule has 0 amide bonds. The maximum absolute atomic E-state index is 13.5. The highest BCUT2D eigenvalue weighted by Gasteiger charge is 2.29. The highest BCUT2D eigenvalue weighted by molar-refractivity contribution is 7.89. The second-order valence-corrected chi connectivity index (χ2v) is 6.61. The highest BCUT2D eigenvalue weighted by atomic mass is 32.2. The van der Waals surface area contributed by atoms with Crippen molar-refractivity contribution in [3.05, 3.63) is 29.8 Å². The van der Waals surface area contributed by atoms with E-state index in [1.807, 2.05) is 0 Å². The largest absolute Gasteiger partial charge is 0.481 e. The van der Waals surface area contributed by atoms with Crippen LogP contribution in [-0.4, -0.2) is 25.0 Å². The summed E-state index contributed by atoms with van der Waals surface area (Å²) in [4.78, 5) is 9.69. The Kier molecular flexibility index (Phi) is 4.82. The predicted octanol–water partition coefficient (Wildman–Crippen LogP) is 1.89. The minimum absolute atomic E-state index is 0.0124. The van der Waals surface area contributed by atoms with E-state index >= 15 is 0 Å². The summed E-state index contributed by atoms with van der Waals surface area (Å²) < 4.78 is 52.7. The van der Waals surface area contributed by atoms with Crippen LogP contribution in [0.3, 0.4) is 0 Å². The van der Waals surface area contributed by atoms with Gasteiger partial charge in [0.05, 0.1) is 0 Å². The molecule has 0 fully saturated rings. The molecule has 0 radical (unpaired) electrons. The summed E-state index contributed by atoms with van der Waals surface area (Å²) in [5, 5.41) is 8.59. The molecule has 0 spiro atoms. The van der Waals surface area contributed by atoms with Crippen molar-refractivity contribution >= 4 is 16.0 Å². The summed E-state index contributed by atoms with van der Waals surface area (Å²) in [6.45, 7) is 2.93. The number of hydrogen-bond donors (Lipinski definition) is 2. The van der Waals surface area contributed by atoms with Crippen LogP contribution in [0.5, 0.6) is 0 Å². The average Bonchev–Trinajstić information content (AvgIpc) is 2.28. The fraction of sp³-hybridized carbons (Fsp3) is 0.417. The van der Waals surface area contributed by atoms with Gasteiger partial charge in [-0.15, -0.1) is 0 Å². The molecule has 0 atom stereocenters. The van der Waals surface area contributed by atoms with Crippen LogP contribution in [0.15, 0.2) is 23.1 Å². The summed E-state index contributed by atoms with van der Waals surface area (Å²) in [5.41, 5.74) is -1.10. The first-order valence-electron chi connectivity index (χ1n) is 5.74. The third kappa shape index (κ3) is 4.53. The van der Waals surface area contributed by atoms with Gasteiger partial charge in [-0.25, -0.2) is 21.9 Å². The van der Waals surface area contributed by atoms with Crippen molar-refractivity contribution in [2.45, 2.75) is 37.1 Å². The Labute approximate surface area is 115 Å². The van der Waals surface area contributed by atoms with E-state index in [1.165, 1.54) is 13.8 Å². The van der Waals surface area contributed by atoms with Gasteiger partial charge in [-0.3, -0.25) is 4.79 Å². The molecule has 2 N–H and O–H groups in total. The Morgan fingerprint density at radius 3 is 2.50 bits per heavy atom. The van der Waals surface area contributed by atoms with E-state index in [0.717, 1.165) is 6.07 Å². The molecule has 1 aromatic carbocycles. The van der Waals surface area contributed by atoms with Gasteiger partial charge in [0, 0.05) is 12.0 Å². The molecule has 0 heterocycles. The number of carbonyl (C=O) groups is 1. The third-order valence-corrected chi connectivity index (χ3v) is 4.27. The second-order valence-electron chi connectivity index (χ2n) is 4.96. The maximum atomic E-state index is 13.5. The van der Waals surface area contributed by atoms with Crippen molar-refractivity contribution < 1.29 is 27.1 Å². The Hall–Kier alpha value is -1.54. The SMILES string of the molecule is CC(C)(CCC(=O)O)NS(=O)(=O)c1cc(F)ccc1F. The van der Waals surface area contributed by atoms with Gasteiger partial charge >= 0.3 is 5.97 Å². The van der Waals surface area contributed by atoms with E-state index in [2.05, 4.69) is 4.72 Å². The first-order chi connectivity index (χ1) is 9.03. The van der Waals surface area contributed by atoms with Crippen molar-refractivity contribution in [3.8, 4) is 0 Å². The molecule has 0 saturated heterocycles. The lowest BCUT2D eigenvalue weighted by Gasteiger charge is -2.25. The predicted molar refractivity (Wildman–Crippen MR) is 67.6 cm³/mol. The van der Waals surface area contributed by atoms with Crippen LogP contribution in [0.25, 0.3) is 0 Å². The van der Waals surface area contributed by atoms with Gasteiger partial charge in [0.1, 0.15) is 16.5 Å². The number of rotatable bonds is 6. The van der Waals surface area contributed by atoms with Crippen LogP contribution in [0.2, 0.25) is 0 Å². The van der Waals surface area contributed by atoms with Crippen molar-refractivity contribution in [2.75, 3.05) is 0 Å². The molecular formula is C12H15F2NO4S. The lowest BCUT2D eigenvalue weighted by atomic mass is 10.0. The van der Waals surface area contributed by atoms with Gasteiger partial charge in [0.15, 0.2) is 0 Å². The maximum Gasteiger partial charge on any atom is 0.303 e. The van der Waals surface area contributed by atoms with Gasteiger partial charge in [0.2, 0.25) is 10.0 Å². The first kappa shape index (κ1) is 16.5. The van der Waals surface area contributed by atoms with Gasteiger partial charge in [-0.1, -0.05) is 0 Å². The van der Waals surface area contributed by atoms with E-state index in [9.17, 15) is 22.0 Å². The fourth-order valence-corrected chi connectivity index (χ4v) is 3.10. The normalized spacial score (nSPS) is 12.4. The molecule has 0 aliphatic carbocycles. The van der Waals surface area contributed by atoms with Gasteiger partial charge < -0.3 is 5.11 Å². The summed E-state index contributed by atoms with van der Waals surface area (Å²) in [6.07, 6.45) is -0.236. The van der Waals surface area contributed by atoms with Crippen LogP contribution in [-0.2, 0) is 14.8 Å². The monoisotopic (exact) mass is 307 g/mol. The van der Waals surface area contributed by atoms with Crippen LogP contribution in [0.4, 0.5) is 8.78 Å². The van der Waals surface area contributed by atoms with E-state index in [-0.39, 0.29) is 12.8 Å². The van der Waals surface area contributed by atoms with Crippen LogP contribution in [0, 0.1) is 11.6 Å². The number of aliphatic carboxylic acids is 1. The fourth-order valence-electron chi connectivity index (χ4n) is 1.57. The van der Waals surface area contributed by atoms with Crippen LogP contribution >= 0.6 is 0 Å². The van der Waals surface area contributed by atoms with Crippen molar-refractivity contribution in [1.29, 1.82) is 0 Å². The molecule has 0 bridgehead atoms. The van der Waals surface area contributed by atoms with Crippen molar-refractivity contribution in [1.82, 2.24) is 4.72 Å². The van der Waals surface area contributed by atoms with Crippen LogP contribution in [0.1, 0.15) is 26.7 Å². The standard InChI is InChI=1S/C12H15F2NO4S/c1-12(2,6-5-11(16)17)15-20(18,19)10-7-8(13)3-4-9(10)14/h3-4,7,15H,5-6H2,1-2H3,(H,16,17). The summed E-state index contributed by atoms with van der Waals surface area (Å²) >= 11 is 0. The lowest BCUT2D eigenvalue weighted by Crippen LogP contribution is -2.43. The van der Waals surface area contributed by atoms with E-state index in [0.29, 0.717) is 12.1 Å². The minimum Gasteiger partial charge on any atom is -0.481 e. The van der Waals surface area contributed by atoms with Crippen molar-refractivity contribution in [2.24, 2.45) is 0 Å². The lowest BCUT2D eigenvalue weighted by molar-refractivity contribution is -0.137. The Bertz CT molecular complexity index is 614. The van der Waals surface area contributed by atoms with Crippen molar-refractivity contribution in [3.63, 3.8) is 0 Å². The topological polar surface area (TPSA) is 83.5 Å². The number of carboxylic acids is 1. The molecule has 0 aliphatic rings. The summed E-state index contributed by atoms with van der Waals surface area (Å²) in [5.74, 6) is -3.03. The molecule has 8 heteroatoms. The average molecular weight is 307 g/mol. The minimum atomic E-state index is -4.28. The number of halogens is 2. The van der Waals surface area contributed by atoms with Crippen LogP contribution < -0.4 is 4.72 Å². The zero-order valence-electron chi connectivity index (χ0n) is 11.0. The van der Waals surface area contributed by atoms with Gasteiger partial charge in [-0.2, -0.15) is 0 Å². The molecular weight excluding hydrogens is 292 g/mol. The van der Waals surface area contributed by atoms with Gasteiger partial charge in [-0.05, 0) is 38.5 Å². The molecule has 0 unspecified atom stereocenters. The molecule has 1 aromatic rings. The van der Waals surface area contributed by atoms with Gasteiger partial charge in [0.25, 0.3) is 0 Å². The molecule has 0 aliphatic heterocycles. The van der Waals surface area contributed by atoms with E-state index in [1.54, 1.807) is 0 Å². The number of sulfonamides is 1. The molecule has 1 rings (SSSR count). The number of benzene rings is 1. The Balaban J connectivity index is 3.00. The Morgan fingerprint density at radius 2 is 1.95 bits per heavy atom. The van der Waals surface area contributed by atoms with E-state index < -0.39 is 38.1 Å². The summed E-state index contributed by atoms with van der Waals surface area (Å²) in [6, 6.07) is 2.10. The third-order valence-electron chi connectivity index (χ3n) is 2.56. The number of carboxylic acid groups (broad SMARTS) is 1. The molecule has 20 heavy (non-hydrogen) atoms. The number of hydrogen-bond acceptors (Lipinski definition) is 3.